The summed E-state index contributed by atoms with van der Waals surface area (Å²) < 4.78 is 0. The molecule has 1 aliphatic heterocycles. The van der Waals surface area contributed by atoms with E-state index in [0.717, 1.165) is 25.7 Å². The summed E-state index contributed by atoms with van der Waals surface area (Å²) >= 11 is 0. The summed E-state index contributed by atoms with van der Waals surface area (Å²) in [7, 11) is 0. The average Bonchev–Trinajstić information content (AvgIpc) is 2.47. The molecule has 0 spiro atoms. The van der Waals surface area contributed by atoms with Gasteiger partial charge in [0, 0.05) is 0 Å². The first-order valence-corrected chi connectivity index (χ1v) is 4.26. The van der Waals surface area contributed by atoms with Gasteiger partial charge >= 0.3 is 5.97 Å². The van der Waals surface area contributed by atoms with Gasteiger partial charge in [0.1, 0.15) is 6.10 Å². The Balaban J connectivity index is 2.13. The molecule has 0 aromatic rings. The Morgan fingerprint density at radius 1 is 1.50 bits per heavy atom. The smallest absolute Gasteiger partial charge is 0.354 e. The first-order chi connectivity index (χ1) is 5.79. The Morgan fingerprint density at radius 2 is 2.25 bits per heavy atom. The number of oxime groups is 1. The van der Waals surface area contributed by atoms with Crippen LogP contribution in [0.3, 0.4) is 0 Å². The van der Waals surface area contributed by atoms with Crippen molar-refractivity contribution >= 4 is 11.7 Å². The van der Waals surface area contributed by atoms with Crippen molar-refractivity contribution in [3.8, 4) is 0 Å². The molecule has 12 heavy (non-hydrogen) atoms. The molecule has 0 bridgehead atoms. The number of carboxylic acid groups (broad SMARTS) is 1. The van der Waals surface area contributed by atoms with E-state index in [2.05, 4.69) is 5.16 Å². The van der Waals surface area contributed by atoms with Crippen molar-refractivity contribution in [1.29, 1.82) is 0 Å². The van der Waals surface area contributed by atoms with Crippen LogP contribution in [0.25, 0.3) is 0 Å². The minimum absolute atomic E-state index is 0.0462. The maximum Gasteiger partial charge on any atom is 0.354 e. The van der Waals surface area contributed by atoms with Crippen molar-refractivity contribution in [2.24, 2.45) is 11.1 Å². The second-order valence-electron chi connectivity index (χ2n) is 3.32. The van der Waals surface area contributed by atoms with Crippen LogP contribution < -0.4 is 0 Å². The normalized spacial score (nSPS) is 33.5. The zero-order valence-corrected chi connectivity index (χ0v) is 6.69. The lowest BCUT2D eigenvalue weighted by Gasteiger charge is -2.22. The van der Waals surface area contributed by atoms with Gasteiger partial charge < -0.3 is 9.94 Å². The van der Waals surface area contributed by atoms with Crippen LogP contribution in [0, 0.1) is 5.92 Å². The van der Waals surface area contributed by atoms with E-state index in [4.69, 9.17) is 9.94 Å². The molecule has 1 saturated carbocycles. The van der Waals surface area contributed by atoms with Crippen LogP contribution in [0.5, 0.6) is 0 Å². The summed E-state index contributed by atoms with van der Waals surface area (Å²) in [5.74, 6) is -0.874. The van der Waals surface area contributed by atoms with Gasteiger partial charge in [0.15, 0.2) is 5.71 Å². The Kier molecular flexibility index (Phi) is 1.75. The van der Waals surface area contributed by atoms with Crippen LogP contribution in [-0.2, 0) is 9.63 Å². The maximum atomic E-state index is 10.6. The first kappa shape index (κ1) is 7.58. The molecule has 66 valence electrons. The summed E-state index contributed by atoms with van der Waals surface area (Å²) in [6.45, 7) is 0. The molecule has 1 heterocycles. The number of fused-ring (bicyclic) bond motifs is 1. The molecular formula is C8H11NO3. The van der Waals surface area contributed by atoms with Gasteiger partial charge in [-0.15, -0.1) is 0 Å². The molecule has 0 radical (unpaired) electrons. The minimum atomic E-state index is -0.926. The second kappa shape index (κ2) is 2.77. The topological polar surface area (TPSA) is 58.9 Å². The molecule has 2 atom stereocenters. The van der Waals surface area contributed by atoms with Crippen molar-refractivity contribution in [2.75, 3.05) is 0 Å². The van der Waals surface area contributed by atoms with Crippen LogP contribution in [0.2, 0.25) is 0 Å². The standard InChI is InChI=1S/C8H11NO3/c10-8(11)7-5-3-1-2-4-6(5)12-9-7/h5-6H,1-4H2,(H,10,11)/t5-,6+/m0/s1. The number of carbonyl (C=O) groups is 1. The van der Waals surface area contributed by atoms with E-state index < -0.39 is 5.97 Å². The van der Waals surface area contributed by atoms with Crippen LogP contribution in [0.1, 0.15) is 25.7 Å². The van der Waals surface area contributed by atoms with E-state index in [1.165, 1.54) is 0 Å². The van der Waals surface area contributed by atoms with Crippen molar-refractivity contribution in [2.45, 2.75) is 31.8 Å². The molecule has 0 aromatic carbocycles. The monoisotopic (exact) mass is 169 g/mol. The predicted octanol–water partition coefficient (Wildman–Crippen LogP) is 1.02. The Labute approximate surface area is 70.2 Å². The molecule has 1 N–H and O–H groups in total. The highest BCUT2D eigenvalue weighted by Crippen LogP contribution is 2.32. The van der Waals surface area contributed by atoms with Gasteiger partial charge in [-0.1, -0.05) is 11.6 Å². The highest BCUT2D eigenvalue weighted by Gasteiger charge is 2.39. The van der Waals surface area contributed by atoms with Gasteiger partial charge in [-0.25, -0.2) is 4.79 Å². The Bertz CT molecular complexity index is 236. The number of hydrogen-bond acceptors (Lipinski definition) is 3. The average molecular weight is 169 g/mol. The fourth-order valence-corrected chi connectivity index (χ4v) is 1.93. The first-order valence-electron chi connectivity index (χ1n) is 4.26. The van der Waals surface area contributed by atoms with Gasteiger partial charge in [0.2, 0.25) is 0 Å². The van der Waals surface area contributed by atoms with E-state index in [-0.39, 0.29) is 17.7 Å². The van der Waals surface area contributed by atoms with Gasteiger partial charge in [-0.05, 0) is 19.3 Å². The lowest BCUT2D eigenvalue weighted by atomic mass is 9.84. The third-order valence-electron chi connectivity index (χ3n) is 2.56. The van der Waals surface area contributed by atoms with E-state index >= 15 is 0 Å². The summed E-state index contributed by atoms with van der Waals surface area (Å²) in [4.78, 5) is 15.7. The van der Waals surface area contributed by atoms with E-state index in [9.17, 15) is 4.79 Å². The van der Waals surface area contributed by atoms with Crippen molar-refractivity contribution < 1.29 is 14.7 Å². The molecule has 0 amide bonds. The lowest BCUT2D eigenvalue weighted by molar-refractivity contribution is -0.129. The zero-order chi connectivity index (χ0) is 8.55. The third-order valence-corrected chi connectivity index (χ3v) is 2.56. The van der Waals surface area contributed by atoms with Crippen molar-refractivity contribution in [3.63, 3.8) is 0 Å². The Morgan fingerprint density at radius 3 is 3.00 bits per heavy atom. The summed E-state index contributed by atoms with van der Waals surface area (Å²) in [5.41, 5.74) is 0.222. The van der Waals surface area contributed by atoms with Crippen LogP contribution in [0.4, 0.5) is 0 Å². The van der Waals surface area contributed by atoms with Crippen LogP contribution >= 0.6 is 0 Å². The van der Waals surface area contributed by atoms with Gasteiger partial charge in [0.05, 0.1) is 5.92 Å². The van der Waals surface area contributed by atoms with Gasteiger partial charge in [-0.3, -0.25) is 0 Å². The van der Waals surface area contributed by atoms with E-state index in [1.54, 1.807) is 0 Å². The van der Waals surface area contributed by atoms with Crippen molar-refractivity contribution in [1.82, 2.24) is 0 Å². The maximum absolute atomic E-state index is 10.6. The predicted molar refractivity (Wildman–Crippen MR) is 41.9 cm³/mol. The molecule has 1 aliphatic carbocycles. The second-order valence-corrected chi connectivity index (χ2v) is 3.32. The van der Waals surface area contributed by atoms with Gasteiger partial charge in [0.25, 0.3) is 0 Å². The molecule has 4 nitrogen and oxygen atoms in total. The van der Waals surface area contributed by atoms with Crippen LogP contribution in [0.15, 0.2) is 5.16 Å². The molecule has 0 unspecified atom stereocenters. The SMILES string of the molecule is O=C(O)C1=NO[C@@H]2CCCC[C@H]12. The van der Waals surface area contributed by atoms with Crippen molar-refractivity contribution in [3.05, 3.63) is 0 Å². The molecule has 0 aromatic heterocycles. The summed E-state index contributed by atoms with van der Waals surface area (Å²) in [6.07, 6.45) is 4.13. The third kappa shape index (κ3) is 1.07. The summed E-state index contributed by atoms with van der Waals surface area (Å²) in [6, 6.07) is 0. The Hall–Kier alpha value is -1.06. The number of aliphatic carboxylic acids is 1. The summed E-state index contributed by atoms with van der Waals surface area (Å²) in [5, 5.41) is 12.3. The fraction of sp³-hybridized carbons (Fsp3) is 0.750. The zero-order valence-electron chi connectivity index (χ0n) is 6.69. The molecule has 2 rings (SSSR count). The van der Waals surface area contributed by atoms with E-state index in [0.29, 0.717) is 0 Å². The highest BCUT2D eigenvalue weighted by molar-refractivity contribution is 6.36. The lowest BCUT2D eigenvalue weighted by Crippen LogP contribution is -2.30. The number of rotatable bonds is 1. The number of nitrogens with zero attached hydrogens (tertiary/aromatic N) is 1. The minimum Gasteiger partial charge on any atom is -0.477 e. The largest absolute Gasteiger partial charge is 0.477 e. The number of carboxylic acids is 1. The molecule has 4 heteroatoms. The molecule has 1 fully saturated rings. The van der Waals surface area contributed by atoms with Crippen LogP contribution in [-0.4, -0.2) is 22.9 Å². The van der Waals surface area contributed by atoms with E-state index in [1.807, 2.05) is 0 Å². The highest BCUT2D eigenvalue weighted by atomic mass is 16.6. The quantitative estimate of drug-likeness (QED) is 0.637. The molecule has 0 saturated heterocycles. The van der Waals surface area contributed by atoms with Gasteiger partial charge in [-0.2, -0.15) is 0 Å². The molecule has 2 aliphatic rings. The fourth-order valence-electron chi connectivity index (χ4n) is 1.93. The number of hydrogen-bond donors (Lipinski definition) is 1. The molecular weight excluding hydrogens is 158 g/mol.